The topological polar surface area (TPSA) is 35.5 Å². The van der Waals surface area contributed by atoms with Gasteiger partial charge in [-0.3, -0.25) is 0 Å². The number of ether oxygens (including phenoxy) is 2. The molecule has 2 aromatic rings. The average molecular weight is 266 g/mol. The molecule has 2 aromatic carbocycles. The molecule has 1 atom stereocenters. The van der Waals surface area contributed by atoms with Gasteiger partial charge in [0.05, 0.1) is 7.11 Å². The number of carbonyl (C=O) groups excluding carboxylic acids is 1. The Labute approximate surface area is 117 Å². The van der Waals surface area contributed by atoms with Crippen LogP contribution >= 0.6 is 0 Å². The predicted octanol–water partition coefficient (Wildman–Crippen LogP) is 3.32. The fourth-order valence-corrected chi connectivity index (χ4v) is 2.33. The van der Waals surface area contributed by atoms with E-state index in [-0.39, 0.29) is 11.9 Å². The summed E-state index contributed by atoms with van der Waals surface area (Å²) >= 11 is 0. The van der Waals surface area contributed by atoms with E-state index in [2.05, 4.69) is 0 Å². The van der Waals surface area contributed by atoms with E-state index in [0.29, 0.717) is 0 Å². The second kappa shape index (κ2) is 5.21. The Morgan fingerprint density at radius 3 is 2.50 bits per heavy atom. The Hall–Kier alpha value is -2.55. The number of benzene rings is 2. The van der Waals surface area contributed by atoms with E-state index < -0.39 is 5.97 Å². The van der Waals surface area contributed by atoms with Crippen molar-refractivity contribution in [2.24, 2.45) is 0 Å². The third-order valence-corrected chi connectivity index (χ3v) is 3.30. The van der Waals surface area contributed by atoms with Gasteiger partial charge in [-0.15, -0.1) is 0 Å². The van der Waals surface area contributed by atoms with Crippen LogP contribution in [0.5, 0.6) is 0 Å². The van der Waals surface area contributed by atoms with Crippen molar-refractivity contribution in [3.05, 3.63) is 77.0 Å². The highest BCUT2D eigenvalue weighted by molar-refractivity contribution is 5.92. The molecule has 3 rings (SSSR count). The minimum atomic E-state index is -0.458. The third-order valence-electron chi connectivity index (χ3n) is 3.30. The van der Waals surface area contributed by atoms with Gasteiger partial charge in [-0.1, -0.05) is 54.6 Å². The summed E-state index contributed by atoms with van der Waals surface area (Å²) in [5, 5.41) is 0. The quantitative estimate of drug-likeness (QED) is 0.782. The summed E-state index contributed by atoms with van der Waals surface area (Å²) in [5.41, 5.74) is 3.04. The van der Waals surface area contributed by atoms with Gasteiger partial charge in [-0.25, -0.2) is 4.79 Å². The van der Waals surface area contributed by atoms with Crippen LogP contribution in [0.25, 0.3) is 6.08 Å². The summed E-state index contributed by atoms with van der Waals surface area (Å²) < 4.78 is 10.6. The number of carbonyl (C=O) groups is 1. The molecule has 1 heterocycles. The van der Waals surface area contributed by atoms with Crippen molar-refractivity contribution in [2.45, 2.75) is 6.10 Å². The van der Waals surface area contributed by atoms with Gasteiger partial charge in [0.15, 0.2) is 0 Å². The summed E-state index contributed by atoms with van der Waals surface area (Å²) in [6.07, 6.45) is 1.44. The lowest BCUT2D eigenvalue weighted by atomic mass is 9.94. The molecule has 1 aliphatic rings. The fraction of sp³-hybridized carbons (Fsp3) is 0.118. The molecule has 20 heavy (non-hydrogen) atoms. The standard InChI is InChI=1S/C17H14O3/c1-19-17(18)15-11-13-9-5-6-10-14(13)16(20-15)12-7-3-2-4-8-12/h2-11,16H,1H3. The van der Waals surface area contributed by atoms with Crippen molar-refractivity contribution in [3.63, 3.8) is 0 Å². The SMILES string of the molecule is COC(=O)C1=Cc2ccccc2C(c2ccccc2)O1. The normalized spacial score (nSPS) is 16.6. The van der Waals surface area contributed by atoms with Crippen LogP contribution in [-0.2, 0) is 14.3 Å². The molecule has 0 bridgehead atoms. The Morgan fingerprint density at radius 1 is 1.05 bits per heavy atom. The molecule has 0 fully saturated rings. The van der Waals surface area contributed by atoms with Crippen LogP contribution < -0.4 is 0 Å². The summed E-state index contributed by atoms with van der Waals surface area (Å²) in [6, 6.07) is 17.7. The molecule has 0 aromatic heterocycles. The van der Waals surface area contributed by atoms with E-state index in [4.69, 9.17) is 9.47 Å². The maximum atomic E-state index is 11.7. The monoisotopic (exact) mass is 266 g/mol. The zero-order chi connectivity index (χ0) is 13.9. The first-order chi connectivity index (χ1) is 9.79. The Morgan fingerprint density at radius 2 is 1.75 bits per heavy atom. The van der Waals surface area contributed by atoms with Gasteiger partial charge in [-0.2, -0.15) is 0 Å². The summed E-state index contributed by atoms with van der Waals surface area (Å²) in [6.45, 7) is 0. The summed E-state index contributed by atoms with van der Waals surface area (Å²) in [7, 11) is 1.35. The highest BCUT2D eigenvalue weighted by atomic mass is 16.6. The van der Waals surface area contributed by atoms with Crippen molar-refractivity contribution >= 4 is 12.0 Å². The average Bonchev–Trinajstić information content (AvgIpc) is 2.54. The van der Waals surface area contributed by atoms with Gasteiger partial charge in [0.2, 0.25) is 5.76 Å². The number of hydrogen-bond acceptors (Lipinski definition) is 3. The first kappa shape index (κ1) is 12.5. The second-order valence-corrected chi connectivity index (χ2v) is 4.54. The highest BCUT2D eigenvalue weighted by Gasteiger charge is 2.27. The molecule has 0 saturated carbocycles. The maximum Gasteiger partial charge on any atom is 0.373 e. The number of rotatable bonds is 2. The molecule has 0 spiro atoms. The van der Waals surface area contributed by atoms with Gasteiger partial charge in [-0.05, 0) is 17.2 Å². The van der Waals surface area contributed by atoms with Gasteiger partial charge in [0.1, 0.15) is 6.10 Å². The predicted molar refractivity (Wildman–Crippen MR) is 75.8 cm³/mol. The molecular weight excluding hydrogens is 252 g/mol. The van der Waals surface area contributed by atoms with Gasteiger partial charge < -0.3 is 9.47 Å². The Bertz CT molecular complexity index is 659. The molecule has 1 aliphatic heterocycles. The number of esters is 1. The minimum absolute atomic E-state index is 0.236. The maximum absolute atomic E-state index is 11.7. The van der Waals surface area contributed by atoms with Crippen LogP contribution in [0.4, 0.5) is 0 Å². The Kier molecular flexibility index (Phi) is 3.25. The van der Waals surface area contributed by atoms with Crippen molar-refractivity contribution < 1.29 is 14.3 Å². The minimum Gasteiger partial charge on any atom is -0.473 e. The third kappa shape index (κ3) is 2.18. The summed E-state index contributed by atoms with van der Waals surface area (Å²) in [5.74, 6) is -0.222. The molecule has 0 amide bonds. The van der Waals surface area contributed by atoms with Gasteiger partial charge in [0, 0.05) is 5.56 Å². The van der Waals surface area contributed by atoms with E-state index >= 15 is 0 Å². The van der Waals surface area contributed by atoms with E-state index in [1.807, 2.05) is 54.6 Å². The van der Waals surface area contributed by atoms with Crippen molar-refractivity contribution in [1.82, 2.24) is 0 Å². The van der Waals surface area contributed by atoms with Crippen LogP contribution in [0.15, 0.2) is 60.4 Å². The fourth-order valence-electron chi connectivity index (χ4n) is 2.33. The molecule has 3 nitrogen and oxygen atoms in total. The van der Waals surface area contributed by atoms with Crippen molar-refractivity contribution in [1.29, 1.82) is 0 Å². The number of methoxy groups -OCH3 is 1. The lowest BCUT2D eigenvalue weighted by molar-refractivity contribution is -0.140. The molecule has 0 saturated heterocycles. The molecule has 0 radical (unpaired) electrons. The lowest BCUT2D eigenvalue weighted by Crippen LogP contribution is -2.17. The largest absolute Gasteiger partial charge is 0.473 e. The van der Waals surface area contributed by atoms with Crippen molar-refractivity contribution in [2.75, 3.05) is 7.11 Å². The zero-order valence-corrected chi connectivity index (χ0v) is 11.1. The van der Waals surface area contributed by atoms with E-state index in [1.54, 1.807) is 6.08 Å². The molecule has 1 unspecified atom stereocenters. The molecular formula is C17H14O3. The number of fused-ring (bicyclic) bond motifs is 1. The van der Waals surface area contributed by atoms with Gasteiger partial charge in [0.25, 0.3) is 0 Å². The van der Waals surface area contributed by atoms with Crippen LogP contribution in [0.1, 0.15) is 22.8 Å². The van der Waals surface area contributed by atoms with Crippen LogP contribution in [-0.4, -0.2) is 13.1 Å². The van der Waals surface area contributed by atoms with E-state index in [9.17, 15) is 4.79 Å². The molecule has 100 valence electrons. The van der Waals surface area contributed by atoms with Crippen LogP contribution in [0.3, 0.4) is 0 Å². The smallest absolute Gasteiger partial charge is 0.373 e. The van der Waals surface area contributed by atoms with Gasteiger partial charge >= 0.3 is 5.97 Å². The molecule has 0 aliphatic carbocycles. The second-order valence-electron chi connectivity index (χ2n) is 4.54. The van der Waals surface area contributed by atoms with E-state index in [1.165, 1.54) is 7.11 Å². The first-order valence-electron chi connectivity index (χ1n) is 6.40. The van der Waals surface area contributed by atoms with E-state index in [0.717, 1.165) is 16.7 Å². The highest BCUT2D eigenvalue weighted by Crippen LogP contribution is 2.36. The van der Waals surface area contributed by atoms with Crippen LogP contribution in [0, 0.1) is 0 Å². The molecule has 3 heteroatoms. The Balaban J connectivity index is 2.09. The van der Waals surface area contributed by atoms with Crippen molar-refractivity contribution in [3.8, 4) is 0 Å². The molecule has 0 N–H and O–H groups in total. The number of hydrogen-bond donors (Lipinski definition) is 0. The lowest BCUT2D eigenvalue weighted by Gasteiger charge is -2.26. The summed E-state index contributed by atoms with van der Waals surface area (Å²) in [4.78, 5) is 11.7. The zero-order valence-electron chi connectivity index (χ0n) is 11.1. The van der Waals surface area contributed by atoms with Crippen LogP contribution in [0.2, 0.25) is 0 Å². The first-order valence-corrected chi connectivity index (χ1v) is 6.40.